The highest BCUT2D eigenvalue weighted by Crippen LogP contribution is 2.17. The van der Waals surface area contributed by atoms with Crippen molar-refractivity contribution in [2.45, 2.75) is 26.2 Å². The molecule has 160 valence electrons. The molecule has 0 aromatic heterocycles. The lowest BCUT2D eigenvalue weighted by molar-refractivity contribution is -0.118. The van der Waals surface area contributed by atoms with Crippen LogP contribution in [0.5, 0.6) is 5.75 Å². The van der Waals surface area contributed by atoms with Crippen LogP contribution in [-0.4, -0.2) is 17.9 Å². The number of benzene rings is 3. The van der Waals surface area contributed by atoms with Crippen LogP contribution in [0.15, 0.2) is 71.8 Å². The Morgan fingerprint density at radius 1 is 1.03 bits per heavy atom. The summed E-state index contributed by atoms with van der Waals surface area (Å²) in [4.78, 5) is 12.0. The highest BCUT2D eigenvalue weighted by molar-refractivity contribution is 7.99. The number of hydrogen-bond acceptors (Lipinski definition) is 4. The zero-order valence-corrected chi connectivity index (χ0v) is 19.2. The molecule has 3 rings (SSSR count). The smallest absolute Gasteiger partial charge is 0.250 e. The van der Waals surface area contributed by atoms with E-state index in [1.165, 1.54) is 16.7 Å². The fraction of sp³-hybridized carbons (Fsp3) is 0.200. The second-order valence-corrected chi connectivity index (χ2v) is 8.69. The predicted octanol–water partition coefficient (Wildman–Crippen LogP) is 5.92. The molecule has 0 unspecified atom stereocenters. The average Bonchev–Trinajstić information content (AvgIpc) is 2.72. The molecular formula is C25H25ClN2O2S. The number of thioether (sulfide) groups is 1. The van der Waals surface area contributed by atoms with Gasteiger partial charge in [-0.3, -0.25) is 4.79 Å². The molecule has 0 atom stereocenters. The Kier molecular flexibility index (Phi) is 8.56. The third-order valence-corrected chi connectivity index (χ3v) is 5.60. The van der Waals surface area contributed by atoms with Crippen LogP contribution in [0.4, 0.5) is 0 Å². The maximum Gasteiger partial charge on any atom is 0.250 e. The van der Waals surface area contributed by atoms with Crippen molar-refractivity contribution in [1.29, 1.82) is 0 Å². The van der Waals surface area contributed by atoms with Crippen molar-refractivity contribution in [2.75, 3.05) is 5.75 Å². The zero-order chi connectivity index (χ0) is 22.1. The number of ether oxygens (including phenoxy) is 1. The van der Waals surface area contributed by atoms with Crippen LogP contribution >= 0.6 is 23.4 Å². The first kappa shape index (κ1) is 22.9. The van der Waals surface area contributed by atoms with Gasteiger partial charge in [0.1, 0.15) is 12.4 Å². The number of rotatable bonds is 9. The van der Waals surface area contributed by atoms with Crippen LogP contribution in [0.25, 0.3) is 0 Å². The second kappa shape index (κ2) is 11.6. The van der Waals surface area contributed by atoms with E-state index in [1.807, 2.05) is 48.5 Å². The molecule has 0 fully saturated rings. The first-order valence-corrected chi connectivity index (χ1v) is 11.5. The fourth-order valence-corrected chi connectivity index (χ4v) is 4.04. The van der Waals surface area contributed by atoms with E-state index >= 15 is 0 Å². The van der Waals surface area contributed by atoms with Gasteiger partial charge in [0.15, 0.2) is 0 Å². The van der Waals surface area contributed by atoms with Gasteiger partial charge in [-0.25, -0.2) is 5.43 Å². The minimum Gasteiger partial charge on any atom is -0.489 e. The topological polar surface area (TPSA) is 50.7 Å². The summed E-state index contributed by atoms with van der Waals surface area (Å²) in [5.41, 5.74) is 8.17. The first-order chi connectivity index (χ1) is 15.0. The van der Waals surface area contributed by atoms with Gasteiger partial charge in [0.25, 0.3) is 0 Å². The fourth-order valence-electron chi connectivity index (χ4n) is 3.07. The number of halogens is 1. The molecule has 0 bridgehead atoms. The standard InChI is InChI=1S/C25H25ClN2O2S/c1-18-10-19(2)12-22(11-18)16-31-17-25(29)28-27-14-20-6-8-24(9-7-20)30-15-21-4-3-5-23(26)13-21/h3-14H,15-17H2,1-2H3,(H,28,29)/b27-14+. The van der Waals surface area contributed by atoms with Gasteiger partial charge in [-0.15, -0.1) is 11.8 Å². The maximum atomic E-state index is 12.0. The van der Waals surface area contributed by atoms with Crippen molar-refractivity contribution in [2.24, 2.45) is 5.10 Å². The predicted molar refractivity (Wildman–Crippen MR) is 130 cm³/mol. The van der Waals surface area contributed by atoms with Crippen molar-refractivity contribution in [1.82, 2.24) is 5.43 Å². The van der Waals surface area contributed by atoms with Crippen molar-refractivity contribution in [3.8, 4) is 5.75 Å². The highest BCUT2D eigenvalue weighted by Gasteiger charge is 2.02. The van der Waals surface area contributed by atoms with E-state index in [2.05, 4.69) is 42.6 Å². The third-order valence-electron chi connectivity index (χ3n) is 4.36. The van der Waals surface area contributed by atoms with Gasteiger partial charge in [0.05, 0.1) is 12.0 Å². The highest BCUT2D eigenvalue weighted by atomic mass is 35.5. The van der Waals surface area contributed by atoms with Crippen LogP contribution in [0, 0.1) is 13.8 Å². The van der Waals surface area contributed by atoms with Gasteiger partial charge in [-0.1, -0.05) is 53.1 Å². The molecule has 0 aliphatic heterocycles. The molecule has 0 aliphatic rings. The molecule has 0 saturated carbocycles. The van der Waals surface area contributed by atoms with Gasteiger partial charge in [-0.05, 0) is 66.9 Å². The van der Waals surface area contributed by atoms with E-state index in [-0.39, 0.29) is 5.91 Å². The van der Waals surface area contributed by atoms with Gasteiger partial charge in [0, 0.05) is 10.8 Å². The Morgan fingerprint density at radius 2 is 1.77 bits per heavy atom. The van der Waals surface area contributed by atoms with E-state index in [4.69, 9.17) is 16.3 Å². The largest absolute Gasteiger partial charge is 0.489 e. The molecule has 0 spiro atoms. The summed E-state index contributed by atoms with van der Waals surface area (Å²) in [7, 11) is 0. The Hall–Kier alpha value is -2.76. The third kappa shape index (κ3) is 8.12. The van der Waals surface area contributed by atoms with Gasteiger partial charge in [-0.2, -0.15) is 5.10 Å². The molecular weight excluding hydrogens is 428 g/mol. The monoisotopic (exact) mass is 452 g/mol. The Morgan fingerprint density at radius 3 is 2.48 bits per heavy atom. The molecule has 31 heavy (non-hydrogen) atoms. The molecule has 1 N–H and O–H groups in total. The number of carbonyl (C=O) groups is 1. The Bertz CT molecular complexity index is 1030. The number of amides is 1. The lowest BCUT2D eigenvalue weighted by Crippen LogP contribution is -2.19. The second-order valence-electron chi connectivity index (χ2n) is 7.27. The lowest BCUT2D eigenvalue weighted by atomic mass is 10.1. The SMILES string of the molecule is Cc1cc(C)cc(CSCC(=O)N/N=C/c2ccc(OCc3cccc(Cl)c3)cc2)c1. The molecule has 0 aliphatic carbocycles. The first-order valence-electron chi connectivity index (χ1n) is 9.92. The minimum absolute atomic E-state index is 0.118. The number of nitrogens with one attached hydrogen (secondary N) is 1. The summed E-state index contributed by atoms with van der Waals surface area (Å²) >= 11 is 7.56. The molecule has 0 radical (unpaired) electrons. The maximum absolute atomic E-state index is 12.0. The van der Waals surface area contributed by atoms with Crippen LogP contribution < -0.4 is 10.2 Å². The quantitative estimate of drug-likeness (QED) is 0.324. The molecule has 1 amide bonds. The summed E-state index contributed by atoms with van der Waals surface area (Å²) in [5, 5.41) is 4.73. The Labute approximate surface area is 192 Å². The lowest BCUT2D eigenvalue weighted by Gasteiger charge is -2.07. The number of hydrogen-bond donors (Lipinski definition) is 1. The van der Waals surface area contributed by atoms with Crippen LogP contribution in [0.1, 0.15) is 27.8 Å². The van der Waals surface area contributed by atoms with E-state index in [0.29, 0.717) is 17.4 Å². The molecule has 0 heterocycles. The number of hydrazone groups is 1. The van der Waals surface area contributed by atoms with E-state index in [1.54, 1.807) is 18.0 Å². The molecule has 3 aromatic carbocycles. The summed E-state index contributed by atoms with van der Waals surface area (Å²) in [6, 6.07) is 21.5. The van der Waals surface area contributed by atoms with E-state index in [9.17, 15) is 4.79 Å². The zero-order valence-electron chi connectivity index (χ0n) is 17.6. The number of aryl methyl sites for hydroxylation is 2. The average molecular weight is 453 g/mol. The van der Waals surface area contributed by atoms with Crippen LogP contribution in [-0.2, 0) is 17.2 Å². The summed E-state index contributed by atoms with van der Waals surface area (Å²) in [6.45, 7) is 4.62. The van der Waals surface area contributed by atoms with Crippen molar-refractivity contribution >= 4 is 35.5 Å². The normalized spacial score (nSPS) is 10.9. The minimum atomic E-state index is -0.118. The van der Waals surface area contributed by atoms with E-state index in [0.717, 1.165) is 22.6 Å². The van der Waals surface area contributed by atoms with E-state index < -0.39 is 0 Å². The Balaban J connectivity index is 1.39. The molecule has 0 saturated heterocycles. The summed E-state index contributed by atoms with van der Waals surface area (Å²) in [6.07, 6.45) is 1.62. The molecule has 6 heteroatoms. The van der Waals surface area contributed by atoms with Crippen LogP contribution in [0.3, 0.4) is 0 Å². The van der Waals surface area contributed by atoms with Gasteiger partial charge >= 0.3 is 0 Å². The summed E-state index contributed by atoms with van der Waals surface area (Å²) in [5.74, 6) is 1.80. The number of carbonyl (C=O) groups excluding carboxylic acids is 1. The summed E-state index contributed by atoms with van der Waals surface area (Å²) < 4.78 is 5.76. The van der Waals surface area contributed by atoms with Crippen molar-refractivity contribution in [3.05, 3.63) is 99.6 Å². The van der Waals surface area contributed by atoms with Gasteiger partial charge < -0.3 is 4.74 Å². The van der Waals surface area contributed by atoms with Gasteiger partial charge in [0.2, 0.25) is 5.91 Å². The molecule has 3 aromatic rings. The van der Waals surface area contributed by atoms with Crippen molar-refractivity contribution in [3.63, 3.8) is 0 Å². The molecule has 4 nitrogen and oxygen atoms in total. The van der Waals surface area contributed by atoms with Crippen molar-refractivity contribution < 1.29 is 9.53 Å². The number of nitrogens with zero attached hydrogens (tertiary/aromatic N) is 1. The van der Waals surface area contributed by atoms with Crippen LogP contribution in [0.2, 0.25) is 5.02 Å².